The molecule has 2 aliphatic heterocycles. The van der Waals surface area contributed by atoms with Crippen LogP contribution in [0.15, 0.2) is 28.7 Å². The van der Waals surface area contributed by atoms with Crippen molar-refractivity contribution >= 4 is 23.6 Å². The van der Waals surface area contributed by atoms with Gasteiger partial charge in [-0.05, 0) is 37.1 Å². The molecule has 0 bridgehead atoms. The molecule has 20 heavy (non-hydrogen) atoms. The minimum Gasteiger partial charge on any atom is -0.422 e. The second kappa shape index (κ2) is 5.45. The predicted molar refractivity (Wildman–Crippen MR) is 83.9 cm³/mol. The van der Waals surface area contributed by atoms with Crippen molar-refractivity contribution in [1.29, 1.82) is 0 Å². The second-order valence-corrected chi connectivity index (χ2v) is 8.51. The van der Waals surface area contributed by atoms with E-state index < -0.39 is 7.67 Å². The normalized spacial score (nSPS) is 34.4. The number of halogens is 1. The number of benzene rings is 1. The molecule has 0 aliphatic carbocycles. The molecule has 2 fully saturated rings. The molecule has 0 spiro atoms. The summed E-state index contributed by atoms with van der Waals surface area (Å²) in [4.78, 5) is 0. The first kappa shape index (κ1) is 14.6. The Morgan fingerprint density at radius 3 is 2.05 bits per heavy atom. The maximum atomic E-state index is 13.3. The summed E-state index contributed by atoms with van der Waals surface area (Å²) < 4.78 is 24.4. The van der Waals surface area contributed by atoms with Gasteiger partial charge < -0.3 is 4.52 Å². The zero-order chi connectivity index (χ0) is 14.3. The van der Waals surface area contributed by atoms with Crippen molar-refractivity contribution < 1.29 is 9.09 Å². The highest BCUT2D eigenvalue weighted by Gasteiger charge is 2.59. The number of rotatable bonds is 6. The Morgan fingerprint density at radius 1 is 1.15 bits per heavy atom. The van der Waals surface area contributed by atoms with Gasteiger partial charge in [-0.2, -0.15) is 0 Å². The highest BCUT2D eigenvalue weighted by atomic mass is 79.9. The van der Waals surface area contributed by atoms with Gasteiger partial charge in [0.2, 0.25) is 0 Å². The van der Waals surface area contributed by atoms with Crippen molar-refractivity contribution in [1.82, 2.24) is 9.34 Å². The molecule has 0 aromatic heterocycles. The highest BCUT2D eigenvalue weighted by Crippen LogP contribution is 2.65. The van der Waals surface area contributed by atoms with Crippen LogP contribution in [0.1, 0.15) is 26.7 Å². The van der Waals surface area contributed by atoms with Gasteiger partial charge in [0, 0.05) is 29.6 Å². The Morgan fingerprint density at radius 2 is 1.65 bits per heavy atom. The summed E-state index contributed by atoms with van der Waals surface area (Å²) in [6, 6.07) is 8.39. The van der Waals surface area contributed by atoms with Gasteiger partial charge in [-0.15, -0.1) is 0 Å². The Balaban J connectivity index is 1.80. The van der Waals surface area contributed by atoms with Crippen LogP contribution in [0.25, 0.3) is 0 Å². The van der Waals surface area contributed by atoms with Crippen LogP contribution in [-0.4, -0.2) is 34.5 Å². The Hall–Kier alpha value is -0.350. The molecule has 3 rings (SSSR count). The average Bonchev–Trinajstić information content (AvgIpc) is 3.34. The first-order valence-electron chi connectivity index (χ1n) is 7.18. The largest absolute Gasteiger partial charge is 0.422 e. The molecule has 4 unspecified atom stereocenters. The first-order valence-corrected chi connectivity index (χ1v) is 9.50. The van der Waals surface area contributed by atoms with Crippen LogP contribution in [0.3, 0.4) is 0 Å². The highest BCUT2D eigenvalue weighted by molar-refractivity contribution is 9.10. The fourth-order valence-electron chi connectivity index (χ4n) is 2.52. The standard InChI is InChI=1S/C14H20BrN2O2P/c1-3-12-9-16(12)20(18,17-10-13(17)4-2)19-14-7-5-11(15)6-8-14/h5-8,12-13H,3-4,9-10H2,1-2H3. The zero-order valence-electron chi connectivity index (χ0n) is 11.8. The van der Waals surface area contributed by atoms with Crippen LogP contribution >= 0.6 is 23.6 Å². The van der Waals surface area contributed by atoms with Gasteiger partial charge in [0.25, 0.3) is 0 Å². The van der Waals surface area contributed by atoms with Crippen molar-refractivity contribution in [2.75, 3.05) is 13.1 Å². The van der Waals surface area contributed by atoms with E-state index >= 15 is 0 Å². The SMILES string of the molecule is CCC1CN1P(=O)(Oc1ccc(Br)cc1)N1CC1CC. The topological polar surface area (TPSA) is 32.3 Å². The van der Waals surface area contributed by atoms with Gasteiger partial charge >= 0.3 is 7.67 Å². The van der Waals surface area contributed by atoms with Crippen molar-refractivity contribution in [3.63, 3.8) is 0 Å². The first-order chi connectivity index (χ1) is 9.58. The van der Waals surface area contributed by atoms with Gasteiger partial charge in [-0.1, -0.05) is 29.8 Å². The van der Waals surface area contributed by atoms with Crippen LogP contribution in [-0.2, 0) is 4.57 Å². The predicted octanol–water partition coefficient (Wildman–Crippen LogP) is 4.12. The summed E-state index contributed by atoms with van der Waals surface area (Å²) in [6.45, 7) is 6.04. The van der Waals surface area contributed by atoms with Crippen LogP contribution < -0.4 is 4.52 Å². The summed E-state index contributed by atoms with van der Waals surface area (Å²) in [6.07, 6.45) is 2.05. The van der Waals surface area contributed by atoms with Crippen molar-refractivity contribution in [3.8, 4) is 5.75 Å². The van der Waals surface area contributed by atoms with Gasteiger partial charge in [-0.25, -0.2) is 13.9 Å². The van der Waals surface area contributed by atoms with Gasteiger partial charge in [0.05, 0.1) is 0 Å². The molecule has 6 heteroatoms. The summed E-state index contributed by atoms with van der Waals surface area (Å²) in [5, 5.41) is 0. The van der Waals surface area contributed by atoms with Crippen molar-refractivity contribution in [3.05, 3.63) is 28.7 Å². The van der Waals surface area contributed by atoms with Gasteiger partial charge in [0.1, 0.15) is 5.75 Å². The maximum absolute atomic E-state index is 13.3. The third-order valence-corrected chi connectivity index (χ3v) is 7.26. The van der Waals surface area contributed by atoms with Gasteiger partial charge in [0.15, 0.2) is 0 Å². The molecule has 1 aromatic carbocycles. The lowest BCUT2D eigenvalue weighted by Gasteiger charge is -2.22. The molecule has 0 saturated carbocycles. The molecule has 1 aromatic rings. The fraction of sp³-hybridized carbons (Fsp3) is 0.571. The van der Waals surface area contributed by atoms with Crippen LogP contribution in [0.4, 0.5) is 0 Å². The van der Waals surface area contributed by atoms with Crippen LogP contribution in [0, 0.1) is 0 Å². The Labute approximate surface area is 128 Å². The average molecular weight is 359 g/mol. The molecule has 2 heterocycles. The van der Waals surface area contributed by atoms with E-state index in [1.165, 1.54) is 0 Å². The molecule has 4 nitrogen and oxygen atoms in total. The number of hydrogen-bond acceptors (Lipinski definition) is 2. The lowest BCUT2D eigenvalue weighted by Crippen LogP contribution is -2.14. The molecular weight excluding hydrogens is 339 g/mol. The lowest BCUT2D eigenvalue weighted by atomic mass is 10.3. The molecule has 0 radical (unpaired) electrons. The monoisotopic (exact) mass is 358 g/mol. The van der Waals surface area contributed by atoms with E-state index in [0.29, 0.717) is 17.8 Å². The molecule has 0 N–H and O–H groups in total. The summed E-state index contributed by atoms with van der Waals surface area (Å²) in [5.41, 5.74) is 0. The third-order valence-electron chi connectivity index (χ3n) is 4.00. The van der Waals surface area contributed by atoms with Crippen molar-refractivity contribution in [2.24, 2.45) is 0 Å². The number of hydrogen-bond donors (Lipinski definition) is 0. The second-order valence-electron chi connectivity index (χ2n) is 5.40. The molecule has 4 atom stereocenters. The van der Waals surface area contributed by atoms with Crippen LogP contribution in [0.2, 0.25) is 0 Å². The lowest BCUT2D eigenvalue weighted by molar-refractivity contribution is 0.395. The maximum Gasteiger partial charge on any atom is 0.396 e. The molecule has 0 amide bonds. The van der Waals surface area contributed by atoms with E-state index in [9.17, 15) is 4.57 Å². The van der Waals surface area contributed by atoms with Crippen molar-refractivity contribution in [2.45, 2.75) is 38.8 Å². The van der Waals surface area contributed by atoms with Gasteiger partial charge in [-0.3, -0.25) is 0 Å². The quantitative estimate of drug-likeness (QED) is 0.565. The van der Waals surface area contributed by atoms with E-state index in [1.807, 2.05) is 33.6 Å². The Kier molecular flexibility index (Phi) is 3.97. The molecule has 2 aliphatic rings. The third kappa shape index (κ3) is 2.69. The van der Waals surface area contributed by atoms with E-state index in [0.717, 1.165) is 30.4 Å². The summed E-state index contributed by atoms with van der Waals surface area (Å²) in [5.74, 6) is 0.681. The minimum absolute atomic E-state index is 0.411. The summed E-state index contributed by atoms with van der Waals surface area (Å²) in [7, 11) is -2.87. The Bertz CT molecular complexity index is 514. The summed E-state index contributed by atoms with van der Waals surface area (Å²) >= 11 is 3.40. The fourth-order valence-corrected chi connectivity index (χ4v) is 5.63. The number of nitrogens with zero attached hydrogens (tertiary/aromatic N) is 2. The smallest absolute Gasteiger partial charge is 0.396 e. The molecular formula is C14H20BrN2O2P. The van der Waals surface area contributed by atoms with E-state index in [-0.39, 0.29) is 0 Å². The van der Waals surface area contributed by atoms with Crippen LogP contribution in [0.5, 0.6) is 5.75 Å². The van der Waals surface area contributed by atoms with E-state index in [2.05, 4.69) is 29.8 Å². The minimum atomic E-state index is -2.87. The molecule has 2 saturated heterocycles. The zero-order valence-corrected chi connectivity index (χ0v) is 14.3. The van der Waals surface area contributed by atoms with E-state index in [4.69, 9.17) is 4.52 Å². The molecule has 110 valence electrons. The van der Waals surface area contributed by atoms with E-state index in [1.54, 1.807) is 0 Å².